The third-order valence-corrected chi connectivity index (χ3v) is 5.19. The summed E-state index contributed by atoms with van der Waals surface area (Å²) in [4.78, 5) is 15.5. The van der Waals surface area contributed by atoms with Gasteiger partial charge in [0.05, 0.1) is 0 Å². The van der Waals surface area contributed by atoms with Gasteiger partial charge in [-0.3, -0.25) is 14.9 Å². The summed E-state index contributed by atoms with van der Waals surface area (Å²) >= 11 is 0. The zero-order valence-electron chi connectivity index (χ0n) is 15.3. The monoisotopic (exact) mass is 347 g/mol. The number of aryl methyl sites for hydroxylation is 1. The second-order valence-corrected chi connectivity index (χ2v) is 7.17. The van der Waals surface area contributed by atoms with E-state index in [2.05, 4.69) is 43.5 Å². The standard InChI is InChI=1S/C21H25N5/c1-17-13-24-21(20-6-10-23-11-7-20)26(17)16-19-3-2-12-25(15-19)14-18-4-8-22-9-5-18/h4-11,13,19H,2-3,12,14-16H2,1H3. The molecule has 0 amide bonds. The molecule has 0 aromatic carbocycles. The fraction of sp³-hybridized carbons (Fsp3) is 0.381. The van der Waals surface area contributed by atoms with Crippen molar-refractivity contribution >= 4 is 0 Å². The molecule has 1 saturated heterocycles. The zero-order valence-corrected chi connectivity index (χ0v) is 15.3. The largest absolute Gasteiger partial charge is 0.328 e. The fourth-order valence-corrected chi connectivity index (χ4v) is 3.87. The molecule has 134 valence electrons. The van der Waals surface area contributed by atoms with Crippen molar-refractivity contribution in [2.45, 2.75) is 32.9 Å². The van der Waals surface area contributed by atoms with Crippen molar-refractivity contribution in [2.24, 2.45) is 5.92 Å². The molecule has 26 heavy (non-hydrogen) atoms. The fourth-order valence-electron chi connectivity index (χ4n) is 3.87. The molecule has 1 atom stereocenters. The molecule has 5 nitrogen and oxygen atoms in total. The van der Waals surface area contributed by atoms with Crippen molar-refractivity contribution in [3.8, 4) is 11.4 Å². The third-order valence-electron chi connectivity index (χ3n) is 5.19. The number of hydrogen-bond acceptors (Lipinski definition) is 4. The Morgan fingerprint density at radius 2 is 1.77 bits per heavy atom. The first-order valence-electron chi connectivity index (χ1n) is 9.33. The summed E-state index contributed by atoms with van der Waals surface area (Å²) < 4.78 is 2.37. The van der Waals surface area contributed by atoms with Gasteiger partial charge in [0.2, 0.25) is 0 Å². The SMILES string of the molecule is Cc1cnc(-c2ccncc2)n1CC1CCCN(Cc2ccncc2)C1. The zero-order chi connectivity index (χ0) is 17.8. The van der Waals surface area contributed by atoms with Crippen LogP contribution in [0.15, 0.2) is 55.2 Å². The van der Waals surface area contributed by atoms with Crippen molar-refractivity contribution in [1.82, 2.24) is 24.4 Å². The molecule has 4 heterocycles. The van der Waals surface area contributed by atoms with Crippen LogP contribution in [0.3, 0.4) is 0 Å². The molecule has 0 bridgehead atoms. The molecule has 0 saturated carbocycles. The lowest BCUT2D eigenvalue weighted by molar-refractivity contribution is 0.156. The lowest BCUT2D eigenvalue weighted by Crippen LogP contribution is -2.36. The normalized spacial score (nSPS) is 18.1. The molecular weight excluding hydrogens is 322 g/mol. The molecule has 5 heteroatoms. The van der Waals surface area contributed by atoms with Crippen molar-refractivity contribution < 1.29 is 0 Å². The molecule has 1 unspecified atom stereocenters. The maximum atomic E-state index is 4.65. The van der Waals surface area contributed by atoms with E-state index in [4.69, 9.17) is 0 Å². The maximum Gasteiger partial charge on any atom is 0.140 e. The Morgan fingerprint density at radius 3 is 2.54 bits per heavy atom. The smallest absolute Gasteiger partial charge is 0.140 e. The van der Waals surface area contributed by atoms with Gasteiger partial charge in [-0.15, -0.1) is 0 Å². The lowest BCUT2D eigenvalue weighted by atomic mass is 9.97. The Hall–Kier alpha value is -2.53. The van der Waals surface area contributed by atoms with E-state index in [0.717, 1.165) is 31.0 Å². The number of rotatable bonds is 5. The molecule has 3 aromatic heterocycles. The lowest BCUT2D eigenvalue weighted by Gasteiger charge is -2.33. The van der Waals surface area contributed by atoms with Crippen molar-refractivity contribution in [1.29, 1.82) is 0 Å². The molecule has 0 aliphatic carbocycles. The molecule has 1 aliphatic heterocycles. The van der Waals surface area contributed by atoms with Gasteiger partial charge in [-0.05, 0) is 62.1 Å². The minimum atomic E-state index is 0.652. The highest BCUT2D eigenvalue weighted by Crippen LogP contribution is 2.25. The number of nitrogens with zero attached hydrogens (tertiary/aromatic N) is 5. The van der Waals surface area contributed by atoms with Gasteiger partial charge in [0.25, 0.3) is 0 Å². The summed E-state index contributed by atoms with van der Waals surface area (Å²) in [6.07, 6.45) is 11.9. The number of hydrogen-bond donors (Lipinski definition) is 0. The number of likely N-dealkylation sites (tertiary alicyclic amines) is 1. The van der Waals surface area contributed by atoms with Crippen molar-refractivity contribution in [3.05, 3.63) is 66.5 Å². The van der Waals surface area contributed by atoms with E-state index >= 15 is 0 Å². The average molecular weight is 347 g/mol. The van der Waals surface area contributed by atoms with Crippen molar-refractivity contribution in [3.63, 3.8) is 0 Å². The van der Waals surface area contributed by atoms with Crippen LogP contribution in [0.4, 0.5) is 0 Å². The van der Waals surface area contributed by atoms with Gasteiger partial charge in [0, 0.05) is 61.9 Å². The van der Waals surface area contributed by atoms with Crippen LogP contribution in [0, 0.1) is 12.8 Å². The highest BCUT2D eigenvalue weighted by molar-refractivity contribution is 5.55. The summed E-state index contributed by atoms with van der Waals surface area (Å²) in [5.74, 6) is 1.70. The summed E-state index contributed by atoms with van der Waals surface area (Å²) in [6.45, 7) is 6.50. The summed E-state index contributed by atoms with van der Waals surface area (Å²) in [5, 5.41) is 0. The highest BCUT2D eigenvalue weighted by atomic mass is 15.1. The molecule has 1 fully saturated rings. The summed E-state index contributed by atoms with van der Waals surface area (Å²) in [5.41, 5.74) is 3.71. The Labute approximate surface area is 154 Å². The van der Waals surface area contributed by atoms with Crippen LogP contribution in [0.5, 0.6) is 0 Å². The van der Waals surface area contributed by atoms with Gasteiger partial charge in [-0.25, -0.2) is 4.98 Å². The molecule has 4 rings (SSSR count). The first kappa shape index (κ1) is 16.9. The van der Waals surface area contributed by atoms with Crippen LogP contribution in [0.1, 0.15) is 24.1 Å². The number of pyridine rings is 2. The molecular formula is C21H25N5. The number of imidazole rings is 1. The average Bonchev–Trinajstić information content (AvgIpc) is 3.04. The number of piperidine rings is 1. The minimum Gasteiger partial charge on any atom is -0.328 e. The van der Waals surface area contributed by atoms with Gasteiger partial charge in [-0.2, -0.15) is 0 Å². The Morgan fingerprint density at radius 1 is 1.04 bits per heavy atom. The molecule has 0 N–H and O–H groups in total. The van der Waals surface area contributed by atoms with Gasteiger partial charge in [0.1, 0.15) is 5.82 Å². The quantitative estimate of drug-likeness (QED) is 0.708. The predicted octanol–water partition coefficient (Wildman–Crippen LogP) is 3.56. The minimum absolute atomic E-state index is 0.652. The Balaban J connectivity index is 1.47. The van der Waals surface area contributed by atoms with Crippen LogP contribution in [0.2, 0.25) is 0 Å². The molecule has 0 spiro atoms. The summed E-state index contributed by atoms with van der Waals surface area (Å²) in [6, 6.07) is 8.31. The van der Waals surface area contributed by atoms with E-state index in [-0.39, 0.29) is 0 Å². The first-order valence-corrected chi connectivity index (χ1v) is 9.33. The van der Waals surface area contributed by atoms with Gasteiger partial charge >= 0.3 is 0 Å². The highest BCUT2D eigenvalue weighted by Gasteiger charge is 2.22. The summed E-state index contributed by atoms with van der Waals surface area (Å²) in [7, 11) is 0. The van der Waals surface area contributed by atoms with E-state index in [1.54, 1.807) is 0 Å². The van der Waals surface area contributed by atoms with Crippen LogP contribution in [-0.4, -0.2) is 37.5 Å². The number of aromatic nitrogens is 4. The van der Waals surface area contributed by atoms with Crippen LogP contribution < -0.4 is 0 Å². The maximum absolute atomic E-state index is 4.65. The third kappa shape index (κ3) is 3.83. The van der Waals surface area contributed by atoms with E-state index < -0.39 is 0 Å². The predicted molar refractivity (Wildman–Crippen MR) is 102 cm³/mol. The van der Waals surface area contributed by atoms with E-state index in [0.29, 0.717) is 5.92 Å². The van der Waals surface area contributed by atoms with E-state index in [1.807, 2.05) is 43.1 Å². The van der Waals surface area contributed by atoms with E-state index in [1.165, 1.54) is 30.6 Å². The van der Waals surface area contributed by atoms with Crippen molar-refractivity contribution in [2.75, 3.05) is 13.1 Å². The van der Waals surface area contributed by atoms with Crippen LogP contribution in [-0.2, 0) is 13.1 Å². The molecule has 1 aliphatic rings. The second-order valence-electron chi connectivity index (χ2n) is 7.17. The Kier molecular flexibility index (Phi) is 5.07. The molecule has 3 aromatic rings. The van der Waals surface area contributed by atoms with Crippen LogP contribution in [0.25, 0.3) is 11.4 Å². The van der Waals surface area contributed by atoms with Crippen LogP contribution >= 0.6 is 0 Å². The topological polar surface area (TPSA) is 46.8 Å². The Bertz CT molecular complexity index is 828. The second kappa shape index (κ2) is 7.79. The van der Waals surface area contributed by atoms with Gasteiger partial charge in [0.15, 0.2) is 0 Å². The van der Waals surface area contributed by atoms with Gasteiger partial charge in [-0.1, -0.05) is 0 Å². The van der Waals surface area contributed by atoms with Gasteiger partial charge < -0.3 is 4.57 Å². The molecule has 0 radical (unpaired) electrons. The first-order chi connectivity index (χ1) is 12.8. The van der Waals surface area contributed by atoms with E-state index in [9.17, 15) is 0 Å².